The molecule has 250 valence electrons. The monoisotopic (exact) mass is 676 g/mol. The topological polar surface area (TPSA) is 44.2 Å². The number of hydrogen-bond donors (Lipinski definition) is 0. The molecule has 0 amide bonds. The number of hydrogen-bond acceptors (Lipinski definition) is 4. The van der Waals surface area contributed by atoms with Crippen molar-refractivity contribution in [1.29, 1.82) is 0 Å². The summed E-state index contributed by atoms with van der Waals surface area (Å²) in [5, 5.41) is 0. The fourth-order valence-electron chi connectivity index (χ4n) is 4.94. The molecule has 4 nitrogen and oxygen atoms in total. The van der Waals surface area contributed by atoms with Crippen LogP contribution in [0.1, 0.15) is 37.3 Å². The number of benzene rings is 4. The van der Waals surface area contributed by atoms with Crippen LogP contribution in [-0.4, -0.2) is 16.3 Å². The number of aryl methyl sites for hydroxylation is 1. The third-order valence-electron chi connectivity index (χ3n) is 7.23. The molecule has 13 heteroatoms. The average Bonchev–Trinajstić information content (AvgIpc) is 3.00. The number of alkyl halides is 5. The van der Waals surface area contributed by atoms with Gasteiger partial charge in [0.25, 0.3) is 0 Å². The van der Waals surface area contributed by atoms with Crippen molar-refractivity contribution in [1.82, 2.24) is 9.97 Å². The van der Waals surface area contributed by atoms with Gasteiger partial charge in [-0.2, -0.15) is 8.78 Å². The van der Waals surface area contributed by atoms with Crippen molar-refractivity contribution in [3.8, 4) is 45.1 Å². The van der Waals surface area contributed by atoms with Gasteiger partial charge in [0, 0.05) is 35.2 Å². The van der Waals surface area contributed by atoms with Gasteiger partial charge in [-0.1, -0.05) is 44.0 Å². The number of aromatic nitrogens is 2. The lowest BCUT2D eigenvalue weighted by molar-refractivity contribution is -0.274. The average molecular weight is 677 g/mol. The first-order valence-electron chi connectivity index (χ1n) is 14.6. The fraction of sp³-hybridized carbons (Fsp3) is 0.200. The van der Waals surface area contributed by atoms with Crippen LogP contribution in [0.4, 0.5) is 39.5 Å². The third-order valence-corrected chi connectivity index (χ3v) is 7.23. The van der Waals surface area contributed by atoms with Crippen molar-refractivity contribution >= 4 is 0 Å². The summed E-state index contributed by atoms with van der Waals surface area (Å²) >= 11 is 0. The number of nitrogens with zero attached hydrogens (tertiary/aromatic N) is 2. The normalized spacial score (nSPS) is 11.9. The second-order valence-electron chi connectivity index (χ2n) is 10.7. The summed E-state index contributed by atoms with van der Waals surface area (Å²) in [4.78, 5) is 8.51. The first-order valence-corrected chi connectivity index (χ1v) is 14.6. The van der Waals surface area contributed by atoms with E-state index in [4.69, 9.17) is 0 Å². The van der Waals surface area contributed by atoms with Crippen molar-refractivity contribution < 1.29 is 49.0 Å². The van der Waals surface area contributed by atoms with E-state index in [0.717, 1.165) is 73.7 Å². The van der Waals surface area contributed by atoms with Gasteiger partial charge in [0.1, 0.15) is 40.3 Å². The fourth-order valence-corrected chi connectivity index (χ4v) is 4.94. The van der Waals surface area contributed by atoms with Crippen LogP contribution < -0.4 is 9.47 Å². The lowest BCUT2D eigenvalue weighted by atomic mass is 10.00. The summed E-state index contributed by atoms with van der Waals surface area (Å²) in [5.41, 5.74) is -1.34. The highest BCUT2D eigenvalue weighted by Gasteiger charge is 2.41. The lowest BCUT2D eigenvalue weighted by Gasteiger charge is -2.20. The molecule has 0 bridgehead atoms. The molecular weight excluding hydrogens is 651 g/mol. The second-order valence-corrected chi connectivity index (χ2v) is 10.7. The second kappa shape index (κ2) is 14.0. The van der Waals surface area contributed by atoms with Gasteiger partial charge in [0.2, 0.25) is 0 Å². The van der Waals surface area contributed by atoms with Gasteiger partial charge in [-0.05, 0) is 72.0 Å². The van der Waals surface area contributed by atoms with Crippen LogP contribution in [0, 0.1) is 23.3 Å². The number of ether oxygens (including phenoxy) is 2. The molecule has 0 aliphatic carbocycles. The highest BCUT2D eigenvalue weighted by atomic mass is 19.4. The summed E-state index contributed by atoms with van der Waals surface area (Å²) in [6, 6.07) is 11.2. The van der Waals surface area contributed by atoms with Crippen molar-refractivity contribution in [2.24, 2.45) is 0 Å². The van der Waals surface area contributed by atoms with Gasteiger partial charge >= 0.3 is 12.5 Å². The standard InChI is InChI=1S/C35H25F9N2O2/c1-2-3-4-5-20-18-45-33(46-19-20)22-8-12-27(28(36)14-22)23-15-30(38)32(31(39)16-23)34(40,41)47-25-11-13-26(29(37)17-25)21-6-9-24(10-7-21)48-35(42,43)44/h6-19H,2-5H2,1H3. The molecule has 0 saturated carbocycles. The minimum Gasteiger partial charge on any atom is -0.429 e. The Morgan fingerprint density at radius 1 is 0.583 bits per heavy atom. The Labute approximate surface area is 268 Å². The van der Waals surface area contributed by atoms with Gasteiger partial charge in [0.15, 0.2) is 5.82 Å². The van der Waals surface area contributed by atoms with Crippen LogP contribution in [0.15, 0.2) is 85.2 Å². The molecule has 5 aromatic rings. The van der Waals surface area contributed by atoms with Gasteiger partial charge in [0.05, 0.1) is 0 Å². The Morgan fingerprint density at radius 2 is 1.12 bits per heavy atom. The number of halogens is 9. The summed E-state index contributed by atoms with van der Waals surface area (Å²) in [5.74, 6) is -6.67. The Hall–Kier alpha value is -5.07. The summed E-state index contributed by atoms with van der Waals surface area (Å²) in [7, 11) is 0. The molecule has 0 atom stereocenters. The Morgan fingerprint density at radius 3 is 1.71 bits per heavy atom. The highest BCUT2D eigenvalue weighted by molar-refractivity contribution is 5.69. The minimum atomic E-state index is -4.94. The van der Waals surface area contributed by atoms with Crippen LogP contribution >= 0.6 is 0 Å². The largest absolute Gasteiger partial charge is 0.573 e. The van der Waals surface area contributed by atoms with Crippen molar-refractivity contribution in [2.75, 3.05) is 0 Å². The minimum absolute atomic E-state index is 0.0801. The first-order chi connectivity index (χ1) is 22.7. The molecule has 5 rings (SSSR count). The Balaban J connectivity index is 1.32. The molecule has 0 N–H and O–H groups in total. The van der Waals surface area contributed by atoms with E-state index in [9.17, 15) is 17.6 Å². The van der Waals surface area contributed by atoms with E-state index >= 15 is 22.0 Å². The molecule has 0 aliphatic heterocycles. The Kier molecular flexibility index (Phi) is 9.97. The molecule has 0 aliphatic rings. The van der Waals surface area contributed by atoms with Crippen LogP contribution in [0.3, 0.4) is 0 Å². The number of rotatable bonds is 11. The Bertz CT molecular complexity index is 1870. The maximum absolute atomic E-state index is 15.1. The van der Waals surface area contributed by atoms with E-state index < -0.39 is 52.8 Å². The quantitative estimate of drug-likeness (QED) is 0.103. The predicted octanol–water partition coefficient (Wildman–Crippen LogP) is 10.8. The van der Waals surface area contributed by atoms with Crippen molar-refractivity contribution in [3.63, 3.8) is 0 Å². The van der Waals surface area contributed by atoms with Crippen LogP contribution in [0.2, 0.25) is 0 Å². The van der Waals surface area contributed by atoms with E-state index in [1.807, 2.05) is 0 Å². The molecule has 48 heavy (non-hydrogen) atoms. The maximum atomic E-state index is 15.1. The maximum Gasteiger partial charge on any atom is 0.573 e. The SMILES string of the molecule is CCCCCc1cnc(-c2ccc(-c3cc(F)c(C(F)(F)Oc4ccc(-c5ccc(OC(F)(F)F)cc5)c(F)c4)c(F)c3)c(F)c2)nc1. The molecule has 0 radical (unpaired) electrons. The predicted molar refractivity (Wildman–Crippen MR) is 159 cm³/mol. The molecule has 4 aromatic carbocycles. The summed E-state index contributed by atoms with van der Waals surface area (Å²) in [6.07, 6.45) is -2.41. The summed E-state index contributed by atoms with van der Waals surface area (Å²) < 4.78 is 135. The molecule has 0 spiro atoms. The van der Waals surface area contributed by atoms with E-state index in [1.165, 1.54) is 12.1 Å². The molecule has 1 aromatic heterocycles. The third kappa shape index (κ3) is 8.07. The zero-order valence-electron chi connectivity index (χ0n) is 25.0. The number of unbranched alkanes of at least 4 members (excludes halogenated alkanes) is 2. The van der Waals surface area contributed by atoms with E-state index in [1.54, 1.807) is 12.4 Å². The zero-order valence-corrected chi connectivity index (χ0v) is 25.0. The smallest absolute Gasteiger partial charge is 0.429 e. The van der Waals surface area contributed by atoms with Gasteiger partial charge in [-0.25, -0.2) is 27.5 Å². The molecule has 0 unspecified atom stereocenters. The van der Waals surface area contributed by atoms with E-state index in [0.29, 0.717) is 23.8 Å². The molecule has 1 heterocycles. The van der Waals surface area contributed by atoms with Gasteiger partial charge in [-0.15, -0.1) is 13.2 Å². The molecule has 0 saturated heterocycles. The molecule has 0 fully saturated rings. The van der Waals surface area contributed by atoms with Crippen LogP contribution in [0.25, 0.3) is 33.6 Å². The van der Waals surface area contributed by atoms with Gasteiger partial charge < -0.3 is 9.47 Å². The van der Waals surface area contributed by atoms with E-state index in [-0.39, 0.29) is 28.1 Å². The highest BCUT2D eigenvalue weighted by Crippen LogP contribution is 2.39. The first kappa shape index (κ1) is 34.3. The molecular formula is C35H25F9N2O2. The van der Waals surface area contributed by atoms with Crippen molar-refractivity contribution in [2.45, 2.75) is 45.1 Å². The van der Waals surface area contributed by atoms with E-state index in [2.05, 4.69) is 26.4 Å². The van der Waals surface area contributed by atoms with Crippen LogP contribution in [0.5, 0.6) is 11.5 Å². The summed E-state index contributed by atoms with van der Waals surface area (Å²) in [6.45, 7) is 2.09. The van der Waals surface area contributed by atoms with Crippen LogP contribution in [-0.2, 0) is 12.5 Å². The van der Waals surface area contributed by atoms with Crippen molar-refractivity contribution in [3.05, 3.63) is 120 Å². The lowest BCUT2D eigenvalue weighted by Crippen LogP contribution is -2.25. The zero-order chi connectivity index (χ0) is 34.6. The van der Waals surface area contributed by atoms with Gasteiger partial charge in [-0.3, -0.25) is 0 Å².